The molecule has 92 valence electrons. The Morgan fingerprint density at radius 3 is 2.56 bits per heavy atom. The molecule has 1 rings (SSSR count). The molecule has 0 bridgehead atoms. The van der Waals surface area contributed by atoms with Gasteiger partial charge in [0.1, 0.15) is 20.1 Å². The van der Waals surface area contributed by atoms with Gasteiger partial charge in [0.15, 0.2) is 6.10 Å². The number of hydrogen-bond donors (Lipinski definition) is 1. The molecular formula is C9H17N2O4S+. The summed E-state index contributed by atoms with van der Waals surface area (Å²) in [6.07, 6.45) is 0.457. The van der Waals surface area contributed by atoms with Crippen LogP contribution < -0.4 is 0 Å². The summed E-state index contributed by atoms with van der Waals surface area (Å²) in [6, 6.07) is 0. The lowest BCUT2D eigenvalue weighted by Gasteiger charge is -2.36. The highest BCUT2D eigenvalue weighted by molar-refractivity contribution is 7.98. The van der Waals surface area contributed by atoms with E-state index in [-0.39, 0.29) is 9.90 Å². The molecule has 0 aromatic rings. The predicted molar refractivity (Wildman–Crippen MR) is 60.1 cm³/mol. The number of likely N-dealkylation sites (tertiary alicyclic amines) is 1. The second kappa shape index (κ2) is 5.60. The van der Waals surface area contributed by atoms with Crippen LogP contribution in [0.4, 0.5) is 0 Å². The fourth-order valence-electron chi connectivity index (χ4n) is 1.64. The van der Waals surface area contributed by atoms with Crippen LogP contribution in [-0.4, -0.2) is 47.2 Å². The summed E-state index contributed by atoms with van der Waals surface area (Å²) >= 11 is 1.05. The smallest absolute Gasteiger partial charge is 0.381 e. The molecule has 0 spiro atoms. The van der Waals surface area contributed by atoms with E-state index >= 15 is 0 Å². The van der Waals surface area contributed by atoms with Gasteiger partial charge in [0.05, 0.1) is 0 Å². The third-order valence-corrected chi connectivity index (χ3v) is 3.55. The average Bonchev–Trinajstić information content (AvgIpc) is 2.22. The van der Waals surface area contributed by atoms with Crippen molar-refractivity contribution >= 4 is 17.9 Å². The standard InChI is InChI=1S/C9H17N2O4S/c1-7(12)9(13)15-11(2)5-3-8(4-6-11)16-10-14/h7-8,12H,3-6H2,1-2H3/q+1. The number of hydroxylamine groups is 3. The first kappa shape index (κ1) is 13.4. The Labute approximate surface area is 98.6 Å². The summed E-state index contributed by atoms with van der Waals surface area (Å²) in [5.74, 6) is -0.609. The first-order chi connectivity index (χ1) is 7.47. The summed E-state index contributed by atoms with van der Waals surface area (Å²) in [5, 5.41) is 9.27. The fourth-order valence-corrected chi connectivity index (χ4v) is 2.18. The third-order valence-electron chi connectivity index (χ3n) is 2.69. The molecule has 0 amide bonds. The molecule has 6 nitrogen and oxygen atoms in total. The molecule has 0 radical (unpaired) electrons. The van der Waals surface area contributed by atoms with Crippen molar-refractivity contribution in [1.82, 2.24) is 0 Å². The molecular weight excluding hydrogens is 232 g/mol. The molecule has 1 saturated heterocycles. The van der Waals surface area contributed by atoms with E-state index in [1.54, 1.807) is 7.05 Å². The Bertz CT molecular complexity index is 264. The van der Waals surface area contributed by atoms with Crippen LogP contribution in [0.3, 0.4) is 0 Å². The summed E-state index contributed by atoms with van der Waals surface area (Å²) in [5.41, 5.74) is 0. The zero-order valence-electron chi connectivity index (χ0n) is 9.46. The molecule has 0 saturated carbocycles. The number of piperidine rings is 1. The number of carbonyl (C=O) groups excluding carboxylic acids is 1. The van der Waals surface area contributed by atoms with Gasteiger partial charge in [-0.25, -0.2) is 4.79 Å². The second-order valence-electron chi connectivity index (χ2n) is 4.21. The number of quaternary nitrogens is 1. The maximum atomic E-state index is 11.3. The van der Waals surface area contributed by atoms with Gasteiger partial charge in [-0.15, -0.1) is 9.55 Å². The quantitative estimate of drug-likeness (QED) is 0.454. The molecule has 1 unspecified atom stereocenters. The van der Waals surface area contributed by atoms with Crippen LogP contribution in [0.15, 0.2) is 4.58 Å². The Kier molecular flexibility index (Phi) is 4.69. The number of aliphatic hydroxyl groups is 1. The van der Waals surface area contributed by atoms with Crippen LogP contribution >= 0.6 is 11.9 Å². The van der Waals surface area contributed by atoms with E-state index in [1.807, 2.05) is 0 Å². The van der Waals surface area contributed by atoms with E-state index in [9.17, 15) is 9.70 Å². The first-order valence-corrected chi connectivity index (χ1v) is 6.05. The van der Waals surface area contributed by atoms with Crippen molar-refractivity contribution in [2.24, 2.45) is 4.58 Å². The SMILES string of the molecule is CC(O)C(=O)O[N+]1(C)CCC(SN=O)CC1. The molecule has 1 aliphatic heterocycles. The summed E-state index contributed by atoms with van der Waals surface area (Å²) in [6.45, 7) is 2.67. The predicted octanol–water partition coefficient (Wildman–Crippen LogP) is 0.849. The van der Waals surface area contributed by atoms with Crippen LogP contribution in [0, 0.1) is 4.91 Å². The highest BCUT2D eigenvalue weighted by atomic mass is 32.2. The van der Waals surface area contributed by atoms with Crippen molar-refractivity contribution in [3.05, 3.63) is 4.91 Å². The van der Waals surface area contributed by atoms with Crippen molar-refractivity contribution in [2.45, 2.75) is 31.1 Å². The van der Waals surface area contributed by atoms with Crippen molar-refractivity contribution in [3.8, 4) is 0 Å². The average molecular weight is 249 g/mol. The minimum absolute atomic E-state index is 0.166. The second-order valence-corrected chi connectivity index (χ2v) is 5.24. The van der Waals surface area contributed by atoms with Gasteiger partial charge in [-0.3, -0.25) is 4.84 Å². The number of carbonyl (C=O) groups is 1. The summed E-state index contributed by atoms with van der Waals surface area (Å²) in [7, 11) is 1.80. The number of nitroso groups, excluding NO2 is 1. The van der Waals surface area contributed by atoms with E-state index in [0.29, 0.717) is 13.1 Å². The topological polar surface area (TPSA) is 76.0 Å². The molecule has 1 aliphatic rings. The van der Waals surface area contributed by atoms with Gasteiger partial charge in [-0.05, 0) is 6.92 Å². The zero-order chi connectivity index (χ0) is 12.2. The zero-order valence-corrected chi connectivity index (χ0v) is 10.3. The Morgan fingerprint density at radius 1 is 1.56 bits per heavy atom. The van der Waals surface area contributed by atoms with Crippen LogP contribution in [0.5, 0.6) is 0 Å². The van der Waals surface area contributed by atoms with E-state index in [4.69, 9.17) is 9.94 Å². The number of hydrogen-bond acceptors (Lipinski definition) is 6. The van der Waals surface area contributed by atoms with Gasteiger partial charge >= 0.3 is 5.97 Å². The molecule has 16 heavy (non-hydrogen) atoms. The molecule has 0 aromatic heterocycles. The van der Waals surface area contributed by atoms with Crippen LogP contribution in [0.25, 0.3) is 0 Å². The fraction of sp³-hybridized carbons (Fsp3) is 0.889. The lowest BCUT2D eigenvalue weighted by atomic mass is 10.1. The number of aliphatic hydroxyl groups excluding tert-OH is 1. The van der Waals surface area contributed by atoms with Gasteiger partial charge in [0.25, 0.3) is 0 Å². The van der Waals surface area contributed by atoms with Crippen molar-refractivity contribution in [1.29, 1.82) is 0 Å². The summed E-state index contributed by atoms with van der Waals surface area (Å²) in [4.78, 5) is 26.6. The van der Waals surface area contributed by atoms with Crippen molar-refractivity contribution in [3.63, 3.8) is 0 Å². The van der Waals surface area contributed by atoms with E-state index in [1.165, 1.54) is 6.92 Å². The Balaban J connectivity index is 2.43. The first-order valence-electron chi connectivity index (χ1n) is 5.21. The molecule has 1 heterocycles. The van der Waals surface area contributed by atoms with Gasteiger partial charge < -0.3 is 5.11 Å². The third kappa shape index (κ3) is 3.73. The number of nitrogens with zero attached hydrogens (tertiary/aromatic N) is 2. The minimum Gasteiger partial charge on any atom is -0.381 e. The van der Waals surface area contributed by atoms with Crippen molar-refractivity contribution in [2.75, 3.05) is 20.1 Å². The molecule has 1 atom stereocenters. The van der Waals surface area contributed by atoms with Crippen LogP contribution in [0.1, 0.15) is 19.8 Å². The van der Waals surface area contributed by atoms with Crippen LogP contribution in [0.2, 0.25) is 0 Å². The lowest BCUT2D eigenvalue weighted by molar-refractivity contribution is -1.08. The molecule has 1 fully saturated rings. The maximum Gasteiger partial charge on any atom is 0.394 e. The minimum atomic E-state index is -1.10. The maximum absolute atomic E-state index is 11.3. The van der Waals surface area contributed by atoms with Crippen LogP contribution in [-0.2, 0) is 9.63 Å². The van der Waals surface area contributed by atoms with Gasteiger partial charge in [0.2, 0.25) is 0 Å². The normalized spacial score (nSPS) is 31.8. The number of rotatable bonds is 4. The Hall–Kier alpha value is -0.660. The molecule has 0 aliphatic carbocycles. The van der Waals surface area contributed by atoms with E-state index in [0.717, 1.165) is 24.8 Å². The van der Waals surface area contributed by atoms with Gasteiger partial charge in [-0.2, -0.15) is 0 Å². The highest BCUT2D eigenvalue weighted by Gasteiger charge is 2.36. The summed E-state index contributed by atoms with van der Waals surface area (Å²) < 4.78 is 2.97. The van der Waals surface area contributed by atoms with E-state index < -0.39 is 12.1 Å². The van der Waals surface area contributed by atoms with Gasteiger partial charge in [0, 0.05) is 34.6 Å². The monoisotopic (exact) mass is 249 g/mol. The lowest BCUT2D eigenvalue weighted by Crippen LogP contribution is -2.52. The van der Waals surface area contributed by atoms with Gasteiger partial charge in [-0.1, -0.05) is 0 Å². The highest BCUT2D eigenvalue weighted by Crippen LogP contribution is 2.27. The largest absolute Gasteiger partial charge is 0.394 e. The molecule has 7 heteroatoms. The molecule has 0 aromatic carbocycles. The van der Waals surface area contributed by atoms with Crippen molar-refractivity contribution < 1.29 is 19.4 Å². The Morgan fingerprint density at radius 2 is 2.12 bits per heavy atom. The molecule has 1 N–H and O–H groups in total. The van der Waals surface area contributed by atoms with E-state index in [2.05, 4.69) is 4.58 Å².